The van der Waals surface area contributed by atoms with E-state index in [9.17, 15) is 4.79 Å². The molecular weight excluding hydrogens is 140 g/mol. The van der Waals surface area contributed by atoms with Gasteiger partial charge in [0.1, 0.15) is 0 Å². The highest BCUT2D eigenvalue weighted by molar-refractivity contribution is 5.77. The molecule has 0 saturated carbocycles. The predicted molar refractivity (Wildman–Crippen MR) is 42.5 cm³/mol. The number of nitrogens with one attached hydrogen (secondary N) is 2. The Hall–Kier alpha value is -1.51. The van der Waals surface area contributed by atoms with Crippen molar-refractivity contribution in [3.63, 3.8) is 0 Å². The van der Waals surface area contributed by atoms with Gasteiger partial charge in [0.2, 0.25) is 0 Å². The van der Waals surface area contributed by atoms with E-state index in [-0.39, 0.29) is 5.69 Å². The number of H-pyrrole nitrogens is 2. The third-order valence-corrected chi connectivity index (χ3v) is 1.68. The average molecular weight is 147 g/mol. The van der Waals surface area contributed by atoms with Crippen LogP contribution in [0.1, 0.15) is 5.56 Å². The molecule has 3 nitrogen and oxygen atoms in total. The lowest BCUT2D eigenvalue weighted by atomic mass is 10.2. The molecule has 0 unspecified atom stereocenters. The first-order chi connectivity index (χ1) is 5.27. The number of aromatic nitrogens is 2. The Balaban J connectivity index is 3.01. The van der Waals surface area contributed by atoms with E-state index in [1.165, 1.54) is 0 Å². The van der Waals surface area contributed by atoms with E-state index in [1.54, 1.807) is 6.07 Å². The molecule has 11 heavy (non-hydrogen) atoms. The van der Waals surface area contributed by atoms with E-state index in [4.69, 9.17) is 0 Å². The molecule has 1 heterocycles. The summed E-state index contributed by atoms with van der Waals surface area (Å²) < 4.78 is 0. The lowest BCUT2D eigenvalue weighted by molar-refractivity contribution is 1.21. The largest absolute Gasteiger partial charge is 0.323 e. The fourth-order valence-corrected chi connectivity index (χ4v) is 1.14. The zero-order valence-electron chi connectivity index (χ0n) is 6.06. The van der Waals surface area contributed by atoms with Gasteiger partial charge in [0.25, 0.3) is 0 Å². The molecule has 0 aliphatic rings. The minimum atomic E-state index is -0.164. The van der Waals surface area contributed by atoms with Crippen molar-refractivity contribution in [2.75, 3.05) is 0 Å². The normalized spacial score (nSPS) is 10.6. The molecule has 2 aromatic rings. The molecule has 3 heteroatoms. The van der Waals surface area contributed by atoms with Crippen LogP contribution in [0.5, 0.6) is 0 Å². The van der Waals surface area contributed by atoms with Gasteiger partial charge >= 0.3 is 5.69 Å². The van der Waals surface area contributed by atoms with Crippen molar-refractivity contribution < 1.29 is 0 Å². The van der Waals surface area contributed by atoms with Crippen LogP contribution in [0.25, 0.3) is 11.0 Å². The Morgan fingerprint density at radius 2 is 2.18 bits per heavy atom. The Morgan fingerprint density at radius 3 is 2.91 bits per heavy atom. The molecule has 2 rings (SSSR count). The van der Waals surface area contributed by atoms with Crippen LogP contribution in [0.3, 0.4) is 0 Å². The second kappa shape index (κ2) is 1.99. The fourth-order valence-electron chi connectivity index (χ4n) is 1.14. The number of aromatic amines is 2. The van der Waals surface area contributed by atoms with E-state index in [1.807, 2.05) is 13.0 Å². The third kappa shape index (κ3) is 0.852. The van der Waals surface area contributed by atoms with Crippen molar-refractivity contribution in [2.24, 2.45) is 0 Å². The van der Waals surface area contributed by atoms with Crippen molar-refractivity contribution >= 4 is 11.0 Å². The quantitative estimate of drug-likeness (QED) is 0.573. The number of hydrogen-bond acceptors (Lipinski definition) is 1. The van der Waals surface area contributed by atoms with Gasteiger partial charge in [-0.25, -0.2) is 4.79 Å². The molecule has 0 amide bonds. The van der Waals surface area contributed by atoms with Gasteiger partial charge in [-0.05, 0) is 30.7 Å². The van der Waals surface area contributed by atoms with E-state index >= 15 is 0 Å². The van der Waals surface area contributed by atoms with Gasteiger partial charge < -0.3 is 9.97 Å². The van der Waals surface area contributed by atoms with Gasteiger partial charge in [0, 0.05) is 0 Å². The molecule has 1 aromatic heterocycles. The summed E-state index contributed by atoms with van der Waals surface area (Å²) in [6, 6.07) is 6.52. The van der Waals surface area contributed by atoms with Crippen LogP contribution in [0.4, 0.5) is 0 Å². The van der Waals surface area contributed by atoms with Gasteiger partial charge in [0.15, 0.2) is 0 Å². The number of fused-ring (bicyclic) bond motifs is 1. The molecule has 1 aromatic carbocycles. The Bertz CT molecular complexity index is 439. The average Bonchev–Trinajstić information content (AvgIpc) is 2.31. The molecule has 0 spiro atoms. The molecule has 0 fully saturated rings. The van der Waals surface area contributed by atoms with Gasteiger partial charge in [0.05, 0.1) is 11.0 Å². The Labute approximate surface area is 63.1 Å². The van der Waals surface area contributed by atoms with Crippen molar-refractivity contribution in [3.05, 3.63) is 34.2 Å². The van der Waals surface area contributed by atoms with Crippen molar-refractivity contribution in [1.82, 2.24) is 9.97 Å². The highest BCUT2D eigenvalue weighted by atomic mass is 16.1. The molecular formula is C8H7N2O. The minimum absolute atomic E-state index is 0.164. The number of benzene rings is 1. The van der Waals surface area contributed by atoms with Crippen LogP contribution in [0, 0.1) is 13.0 Å². The number of hydrogen-bond donors (Lipinski definition) is 2. The Morgan fingerprint density at radius 1 is 1.36 bits per heavy atom. The molecule has 0 aliphatic heterocycles. The molecule has 0 saturated heterocycles. The zero-order chi connectivity index (χ0) is 7.84. The Kier molecular flexibility index (Phi) is 1.12. The van der Waals surface area contributed by atoms with E-state index < -0.39 is 0 Å². The maximum absolute atomic E-state index is 10.8. The molecule has 2 N–H and O–H groups in total. The summed E-state index contributed by atoms with van der Waals surface area (Å²) in [5.41, 5.74) is 2.55. The van der Waals surface area contributed by atoms with Crippen LogP contribution in [0.2, 0.25) is 0 Å². The fraction of sp³-hybridized carbons (Fsp3) is 0.125. The van der Waals surface area contributed by atoms with Gasteiger partial charge in [-0.2, -0.15) is 0 Å². The number of aryl methyl sites for hydroxylation is 1. The van der Waals surface area contributed by atoms with Crippen LogP contribution in [-0.4, -0.2) is 9.97 Å². The zero-order valence-corrected chi connectivity index (χ0v) is 6.06. The van der Waals surface area contributed by atoms with Gasteiger partial charge in [-0.1, -0.05) is 0 Å². The van der Waals surface area contributed by atoms with Crippen LogP contribution in [0.15, 0.2) is 16.9 Å². The van der Waals surface area contributed by atoms with Gasteiger partial charge in [-0.3, -0.25) is 0 Å². The van der Waals surface area contributed by atoms with Gasteiger partial charge in [-0.15, -0.1) is 0 Å². The lowest BCUT2D eigenvalue weighted by Gasteiger charge is -1.90. The predicted octanol–water partition coefficient (Wildman–Crippen LogP) is 0.965. The molecule has 0 bridgehead atoms. The lowest BCUT2D eigenvalue weighted by Crippen LogP contribution is -1.99. The van der Waals surface area contributed by atoms with Crippen LogP contribution >= 0.6 is 0 Å². The van der Waals surface area contributed by atoms with E-state index in [2.05, 4.69) is 16.0 Å². The first kappa shape index (κ1) is 6.22. The molecule has 1 radical (unpaired) electrons. The van der Waals surface area contributed by atoms with E-state index in [0.29, 0.717) is 0 Å². The summed E-state index contributed by atoms with van der Waals surface area (Å²) >= 11 is 0. The van der Waals surface area contributed by atoms with Crippen LogP contribution in [-0.2, 0) is 0 Å². The van der Waals surface area contributed by atoms with Crippen molar-refractivity contribution in [2.45, 2.75) is 6.92 Å². The summed E-state index contributed by atoms with van der Waals surface area (Å²) in [5, 5.41) is 0. The summed E-state index contributed by atoms with van der Waals surface area (Å²) in [6.45, 7) is 1.93. The van der Waals surface area contributed by atoms with E-state index in [0.717, 1.165) is 16.6 Å². The first-order valence-corrected chi connectivity index (χ1v) is 3.36. The third-order valence-electron chi connectivity index (χ3n) is 1.68. The highest BCUT2D eigenvalue weighted by Crippen LogP contribution is 2.09. The molecule has 55 valence electrons. The highest BCUT2D eigenvalue weighted by Gasteiger charge is 1.98. The SMILES string of the molecule is Cc1c[c]cc2[nH]c(=O)[nH]c12. The van der Waals surface area contributed by atoms with Crippen LogP contribution < -0.4 is 5.69 Å². The summed E-state index contributed by atoms with van der Waals surface area (Å²) in [7, 11) is 0. The maximum Gasteiger partial charge on any atom is 0.323 e. The van der Waals surface area contributed by atoms with Crippen molar-refractivity contribution in [1.29, 1.82) is 0 Å². The summed E-state index contributed by atoms with van der Waals surface area (Å²) in [6.07, 6.45) is 0. The smallest absolute Gasteiger partial charge is 0.306 e. The summed E-state index contributed by atoms with van der Waals surface area (Å²) in [4.78, 5) is 16.2. The second-order valence-corrected chi connectivity index (χ2v) is 2.51. The number of imidazole rings is 1. The van der Waals surface area contributed by atoms with Crippen molar-refractivity contribution in [3.8, 4) is 0 Å². The summed E-state index contributed by atoms with van der Waals surface area (Å²) in [5.74, 6) is 0. The first-order valence-electron chi connectivity index (χ1n) is 3.36. The molecule has 0 atom stereocenters. The monoisotopic (exact) mass is 147 g/mol. The standard InChI is InChI=1S/C8H7N2O/c1-5-3-2-4-6-7(5)10-8(11)9-6/h3-4H,1H3,(H2,9,10,11). The number of rotatable bonds is 0. The topological polar surface area (TPSA) is 48.6 Å². The minimum Gasteiger partial charge on any atom is -0.306 e. The molecule has 0 aliphatic carbocycles. The second-order valence-electron chi connectivity index (χ2n) is 2.51. The maximum atomic E-state index is 10.8.